The summed E-state index contributed by atoms with van der Waals surface area (Å²) >= 11 is 3.45. The number of carbonyl (C=O) groups excluding carboxylic acids is 1. The van der Waals surface area contributed by atoms with Crippen LogP contribution >= 0.6 is 15.9 Å². The fraction of sp³-hybridized carbons (Fsp3) is 0.188. The lowest BCUT2D eigenvalue weighted by Gasteiger charge is -2.12. The van der Waals surface area contributed by atoms with Gasteiger partial charge in [0.15, 0.2) is 11.5 Å². The van der Waals surface area contributed by atoms with Crippen LogP contribution in [0.1, 0.15) is 11.3 Å². The predicted molar refractivity (Wildman–Crippen MR) is 86.8 cm³/mol. The molecule has 0 aliphatic rings. The Kier molecular flexibility index (Phi) is 5.66. The average Bonchev–Trinajstić information content (AvgIpc) is 3.04. The summed E-state index contributed by atoms with van der Waals surface area (Å²) in [5.74, 6) is 1.66. The van der Waals surface area contributed by atoms with Crippen molar-refractivity contribution in [3.8, 4) is 11.5 Å². The third-order valence-electron chi connectivity index (χ3n) is 2.95. The van der Waals surface area contributed by atoms with Crippen molar-refractivity contribution in [3.63, 3.8) is 0 Å². The average molecular weight is 366 g/mol. The van der Waals surface area contributed by atoms with Crippen molar-refractivity contribution in [2.45, 2.75) is 6.54 Å². The highest BCUT2D eigenvalue weighted by molar-refractivity contribution is 9.10. The number of carbonyl (C=O) groups is 1. The quantitative estimate of drug-likeness (QED) is 0.797. The van der Waals surface area contributed by atoms with E-state index in [-0.39, 0.29) is 5.91 Å². The standard InChI is InChI=1S/C16H16BrNO4/c1-20-14-8-11(13(17)9-15(14)21-2)10-18-16(19)6-5-12-4-3-7-22-12/h3-9H,10H2,1-2H3,(H,18,19). The molecule has 0 atom stereocenters. The number of benzene rings is 1. The summed E-state index contributed by atoms with van der Waals surface area (Å²) in [4.78, 5) is 11.8. The smallest absolute Gasteiger partial charge is 0.244 e. The summed E-state index contributed by atoms with van der Waals surface area (Å²) in [5, 5.41) is 2.80. The van der Waals surface area contributed by atoms with Gasteiger partial charge in [0.1, 0.15) is 5.76 Å². The van der Waals surface area contributed by atoms with E-state index in [0.29, 0.717) is 23.8 Å². The number of hydrogen-bond acceptors (Lipinski definition) is 4. The molecule has 6 heteroatoms. The number of nitrogens with one attached hydrogen (secondary N) is 1. The Hall–Kier alpha value is -2.21. The fourth-order valence-corrected chi connectivity index (χ4v) is 2.28. The highest BCUT2D eigenvalue weighted by Gasteiger charge is 2.10. The Morgan fingerprint density at radius 3 is 2.68 bits per heavy atom. The van der Waals surface area contributed by atoms with E-state index in [0.717, 1.165) is 10.0 Å². The first kappa shape index (κ1) is 16.2. The first-order valence-electron chi connectivity index (χ1n) is 6.54. The second kappa shape index (κ2) is 7.70. The minimum absolute atomic E-state index is 0.210. The van der Waals surface area contributed by atoms with Gasteiger partial charge in [-0.1, -0.05) is 15.9 Å². The molecule has 116 valence electrons. The number of halogens is 1. The lowest BCUT2D eigenvalue weighted by atomic mass is 10.2. The van der Waals surface area contributed by atoms with Gasteiger partial charge in [-0.25, -0.2) is 0 Å². The third-order valence-corrected chi connectivity index (χ3v) is 3.69. The molecule has 0 radical (unpaired) electrons. The van der Waals surface area contributed by atoms with Crippen LogP contribution in [0.5, 0.6) is 11.5 Å². The van der Waals surface area contributed by atoms with Crippen LogP contribution in [0.25, 0.3) is 6.08 Å². The van der Waals surface area contributed by atoms with Crippen molar-refractivity contribution in [2.75, 3.05) is 14.2 Å². The fourth-order valence-electron chi connectivity index (χ4n) is 1.82. The van der Waals surface area contributed by atoms with Gasteiger partial charge in [0, 0.05) is 17.1 Å². The molecule has 1 amide bonds. The van der Waals surface area contributed by atoms with Crippen LogP contribution in [0.15, 0.2) is 45.5 Å². The van der Waals surface area contributed by atoms with Gasteiger partial charge in [-0.05, 0) is 35.9 Å². The Bertz CT molecular complexity index is 665. The van der Waals surface area contributed by atoms with E-state index in [1.54, 1.807) is 44.8 Å². The molecule has 0 saturated heterocycles. The molecule has 1 aromatic heterocycles. The number of ether oxygens (including phenoxy) is 2. The molecule has 0 fully saturated rings. The van der Waals surface area contributed by atoms with Crippen LogP contribution in [0.4, 0.5) is 0 Å². The van der Waals surface area contributed by atoms with E-state index in [1.165, 1.54) is 6.08 Å². The molecule has 22 heavy (non-hydrogen) atoms. The largest absolute Gasteiger partial charge is 0.493 e. The highest BCUT2D eigenvalue weighted by atomic mass is 79.9. The van der Waals surface area contributed by atoms with Gasteiger partial charge < -0.3 is 19.2 Å². The molecule has 1 aromatic carbocycles. The minimum Gasteiger partial charge on any atom is -0.493 e. The van der Waals surface area contributed by atoms with Crippen LogP contribution in [-0.2, 0) is 11.3 Å². The predicted octanol–water partition coefficient (Wildman–Crippen LogP) is 3.39. The second-order valence-electron chi connectivity index (χ2n) is 4.37. The number of methoxy groups -OCH3 is 2. The summed E-state index contributed by atoms with van der Waals surface area (Å²) in [6.45, 7) is 0.363. The number of furan rings is 1. The van der Waals surface area contributed by atoms with Crippen molar-refractivity contribution in [2.24, 2.45) is 0 Å². The maximum absolute atomic E-state index is 11.8. The summed E-state index contributed by atoms with van der Waals surface area (Å²) in [5.41, 5.74) is 0.886. The molecule has 0 aliphatic carbocycles. The topological polar surface area (TPSA) is 60.7 Å². The van der Waals surface area contributed by atoms with Crippen LogP contribution < -0.4 is 14.8 Å². The minimum atomic E-state index is -0.210. The molecule has 5 nitrogen and oxygen atoms in total. The molecular weight excluding hydrogens is 350 g/mol. The maximum atomic E-state index is 11.8. The van der Waals surface area contributed by atoms with Crippen molar-refractivity contribution in [3.05, 3.63) is 52.4 Å². The highest BCUT2D eigenvalue weighted by Crippen LogP contribution is 2.33. The Morgan fingerprint density at radius 1 is 1.32 bits per heavy atom. The summed E-state index contributed by atoms with van der Waals surface area (Å²) in [6.07, 6.45) is 4.59. The Labute approximate surface area is 137 Å². The van der Waals surface area contributed by atoms with Gasteiger partial charge in [0.05, 0.1) is 20.5 Å². The number of hydrogen-bond donors (Lipinski definition) is 1. The van der Waals surface area contributed by atoms with Crippen molar-refractivity contribution < 1.29 is 18.7 Å². The molecule has 2 rings (SSSR count). The monoisotopic (exact) mass is 365 g/mol. The van der Waals surface area contributed by atoms with Gasteiger partial charge in [-0.2, -0.15) is 0 Å². The molecule has 0 bridgehead atoms. The van der Waals surface area contributed by atoms with E-state index < -0.39 is 0 Å². The molecule has 2 aromatic rings. The van der Waals surface area contributed by atoms with Crippen molar-refractivity contribution in [1.29, 1.82) is 0 Å². The van der Waals surface area contributed by atoms with E-state index in [1.807, 2.05) is 6.07 Å². The number of amides is 1. The third kappa shape index (κ3) is 4.14. The molecule has 0 unspecified atom stereocenters. The summed E-state index contributed by atoms with van der Waals surface area (Å²) in [6, 6.07) is 7.16. The lowest BCUT2D eigenvalue weighted by molar-refractivity contribution is -0.116. The maximum Gasteiger partial charge on any atom is 0.244 e. The van der Waals surface area contributed by atoms with Crippen molar-refractivity contribution in [1.82, 2.24) is 5.32 Å². The number of rotatable bonds is 6. The summed E-state index contributed by atoms with van der Waals surface area (Å²) < 4.78 is 16.4. The Balaban J connectivity index is 2.00. The molecule has 0 saturated carbocycles. The van der Waals surface area contributed by atoms with Crippen LogP contribution in [0, 0.1) is 0 Å². The molecular formula is C16H16BrNO4. The van der Waals surface area contributed by atoms with Gasteiger partial charge >= 0.3 is 0 Å². The Morgan fingerprint density at radius 2 is 2.05 bits per heavy atom. The van der Waals surface area contributed by atoms with Gasteiger partial charge in [-0.15, -0.1) is 0 Å². The van der Waals surface area contributed by atoms with Gasteiger partial charge in [0.25, 0.3) is 0 Å². The lowest BCUT2D eigenvalue weighted by Crippen LogP contribution is -2.20. The SMILES string of the molecule is COc1cc(Br)c(CNC(=O)C=Cc2ccco2)cc1OC. The molecule has 1 N–H and O–H groups in total. The van der Waals surface area contributed by atoms with Crippen molar-refractivity contribution >= 4 is 27.9 Å². The summed E-state index contributed by atoms with van der Waals surface area (Å²) in [7, 11) is 3.14. The first-order valence-corrected chi connectivity index (χ1v) is 7.33. The second-order valence-corrected chi connectivity index (χ2v) is 5.22. The van der Waals surface area contributed by atoms with E-state index in [4.69, 9.17) is 13.9 Å². The van der Waals surface area contributed by atoms with E-state index in [2.05, 4.69) is 21.2 Å². The van der Waals surface area contributed by atoms with Crippen LogP contribution in [0.2, 0.25) is 0 Å². The van der Waals surface area contributed by atoms with E-state index >= 15 is 0 Å². The van der Waals surface area contributed by atoms with Crippen LogP contribution in [0.3, 0.4) is 0 Å². The first-order chi connectivity index (χ1) is 10.6. The zero-order valence-corrected chi connectivity index (χ0v) is 13.8. The molecule has 1 heterocycles. The molecule has 0 spiro atoms. The normalized spacial score (nSPS) is 10.7. The van der Waals surface area contributed by atoms with Gasteiger partial charge in [-0.3, -0.25) is 4.79 Å². The molecule has 0 aliphatic heterocycles. The van der Waals surface area contributed by atoms with Crippen LogP contribution in [-0.4, -0.2) is 20.1 Å². The zero-order chi connectivity index (χ0) is 15.9. The van der Waals surface area contributed by atoms with Gasteiger partial charge in [0.2, 0.25) is 5.91 Å². The van der Waals surface area contributed by atoms with E-state index in [9.17, 15) is 4.79 Å². The zero-order valence-electron chi connectivity index (χ0n) is 12.3.